The third-order valence-electron chi connectivity index (χ3n) is 4.38. The Balaban J connectivity index is 2.04. The number of amides is 1. The predicted molar refractivity (Wildman–Crippen MR) is 118 cm³/mol. The Labute approximate surface area is 177 Å². The molecule has 158 valence electrons. The fraction of sp³-hybridized carbons (Fsp3) is 0.476. The van der Waals surface area contributed by atoms with E-state index >= 15 is 0 Å². The number of nitrogens with zero attached hydrogens (tertiary/aromatic N) is 4. The van der Waals surface area contributed by atoms with Crippen molar-refractivity contribution >= 4 is 23.2 Å². The smallest absolute Gasteiger partial charge is 0.253 e. The largest absolute Gasteiger partial charge is 0.375 e. The standard InChI is InChI=1S/C21H31N5O2S/c1-7-22-21(26(5)13-18-14-29-19(24-18)15(2)28-6)23-12-16-8-10-17(11-9-16)20(27)25(3)4/h8-11,14-15H,7,12-13H2,1-6H3,(H,22,23). The average Bonchev–Trinajstić information content (AvgIpc) is 3.18. The van der Waals surface area contributed by atoms with Crippen molar-refractivity contribution in [2.24, 2.45) is 4.99 Å². The van der Waals surface area contributed by atoms with E-state index in [2.05, 4.69) is 20.6 Å². The minimum atomic E-state index is -0.00135. The van der Waals surface area contributed by atoms with Gasteiger partial charge in [0, 0.05) is 45.7 Å². The molecule has 0 radical (unpaired) electrons. The molecule has 0 bridgehead atoms. The molecule has 29 heavy (non-hydrogen) atoms. The highest BCUT2D eigenvalue weighted by Gasteiger charge is 2.13. The third-order valence-corrected chi connectivity index (χ3v) is 5.44. The average molecular weight is 418 g/mol. The number of hydrogen-bond donors (Lipinski definition) is 1. The maximum Gasteiger partial charge on any atom is 0.253 e. The molecule has 1 unspecified atom stereocenters. The summed E-state index contributed by atoms with van der Waals surface area (Å²) in [5.41, 5.74) is 2.72. The van der Waals surface area contributed by atoms with Crippen LogP contribution in [0.1, 0.15) is 46.6 Å². The normalized spacial score (nSPS) is 12.6. The molecule has 7 nitrogen and oxygen atoms in total. The van der Waals surface area contributed by atoms with Gasteiger partial charge in [0.25, 0.3) is 5.91 Å². The third kappa shape index (κ3) is 6.54. The second kappa shape index (κ2) is 10.9. The summed E-state index contributed by atoms with van der Waals surface area (Å²) in [5, 5.41) is 6.36. The Morgan fingerprint density at radius 1 is 1.28 bits per heavy atom. The summed E-state index contributed by atoms with van der Waals surface area (Å²) in [4.78, 5) is 25.0. The minimum absolute atomic E-state index is 0.00135. The summed E-state index contributed by atoms with van der Waals surface area (Å²) in [7, 11) is 7.19. The first-order chi connectivity index (χ1) is 13.8. The molecule has 0 saturated heterocycles. The second-order valence-electron chi connectivity index (χ2n) is 6.98. The van der Waals surface area contributed by atoms with Gasteiger partial charge in [-0.3, -0.25) is 4.79 Å². The molecule has 0 fully saturated rings. The van der Waals surface area contributed by atoms with Gasteiger partial charge in [-0.15, -0.1) is 11.3 Å². The minimum Gasteiger partial charge on any atom is -0.375 e. The topological polar surface area (TPSA) is 70.1 Å². The number of benzene rings is 1. The molecular weight excluding hydrogens is 386 g/mol. The van der Waals surface area contributed by atoms with Gasteiger partial charge >= 0.3 is 0 Å². The lowest BCUT2D eigenvalue weighted by molar-refractivity contribution is 0.0827. The zero-order valence-corrected chi connectivity index (χ0v) is 18.9. The van der Waals surface area contributed by atoms with Crippen molar-refractivity contribution in [2.75, 3.05) is 34.8 Å². The number of aromatic nitrogens is 1. The summed E-state index contributed by atoms with van der Waals surface area (Å²) in [6.45, 7) is 6.02. The predicted octanol–water partition coefficient (Wildman–Crippen LogP) is 3.15. The van der Waals surface area contributed by atoms with Crippen molar-refractivity contribution in [1.82, 2.24) is 20.1 Å². The van der Waals surface area contributed by atoms with Gasteiger partial charge in [0.05, 0.1) is 18.8 Å². The number of guanidine groups is 1. The van der Waals surface area contributed by atoms with E-state index < -0.39 is 0 Å². The summed E-state index contributed by atoms with van der Waals surface area (Å²) >= 11 is 1.61. The van der Waals surface area contributed by atoms with Gasteiger partial charge < -0.3 is 19.9 Å². The van der Waals surface area contributed by atoms with Gasteiger partial charge in [-0.25, -0.2) is 9.98 Å². The number of nitrogens with one attached hydrogen (secondary N) is 1. The first-order valence-corrected chi connectivity index (χ1v) is 10.5. The number of carbonyl (C=O) groups excluding carboxylic acids is 1. The Bertz CT molecular complexity index is 817. The highest BCUT2D eigenvalue weighted by Crippen LogP contribution is 2.21. The second-order valence-corrected chi connectivity index (χ2v) is 7.87. The monoisotopic (exact) mass is 417 g/mol. The zero-order valence-electron chi connectivity index (χ0n) is 18.1. The molecule has 1 atom stereocenters. The van der Waals surface area contributed by atoms with E-state index in [0.29, 0.717) is 18.7 Å². The molecule has 1 aromatic heterocycles. The van der Waals surface area contributed by atoms with Gasteiger partial charge in [-0.1, -0.05) is 12.1 Å². The van der Waals surface area contributed by atoms with E-state index in [-0.39, 0.29) is 12.0 Å². The summed E-state index contributed by atoms with van der Waals surface area (Å²) in [5.74, 6) is 0.814. The Morgan fingerprint density at radius 3 is 2.55 bits per heavy atom. The van der Waals surface area contributed by atoms with Crippen LogP contribution in [0.4, 0.5) is 0 Å². The number of methoxy groups -OCH3 is 1. The zero-order chi connectivity index (χ0) is 21.4. The number of rotatable bonds is 8. The number of thiazole rings is 1. The fourth-order valence-corrected chi connectivity index (χ4v) is 3.49. The van der Waals surface area contributed by atoms with Crippen LogP contribution in [0, 0.1) is 0 Å². The quantitative estimate of drug-likeness (QED) is 0.528. The van der Waals surface area contributed by atoms with Crippen molar-refractivity contribution in [3.8, 4) is 0 Å². The van der Waals surface area contributed by atoms with Crippen molar-refractivity contribution < 1.29 is 9.53 Å². The van der Waals surface area contributed by atoms with Crippen molar-refractivity contribution in [3.05, 3.63) is 51.5 Å². The van der Waals surface area contributed by atoms with Crippen LogP contribution in [0.3, 0.4) is 0 Å². The Kier molecular flexibility index (Phi) is 8.60. The maximum absolute atomic E-state index is 12.0. The highest BCUT2D eigenvalue weighted by atomic mass is 32.1. The van der Waals surface area contributed by atoms with Gasteiger partial charge in [0.1, 0.15) is 11.1 Å². The van der Waals surface area contributed by atoms with Gasteiger partial charge in [-0.2, -0.15) is 0 Å². The van der Waals surface area contributed by atoms with Gasteiger partial charge in [-0.05, 0) is 31.5 Å². The molecule has 2 aromatic rings. The van der Waals surface area contributed by atoms with E-state index in [1.807, 2.05) is 45.2 Å². The van der Waals surface area contributed by atoms with Crippen molar-refractivity contribution in [2.45, 2.75) is 33.0 Å². The van der Waals surface area contributed by atoms with Crippen LogP contribution >= 0.6 is 11.3 Å². The molecule has 1 aromatic carbocycles. The molecule has 0 saturated carbocycles. The first-order valence-electron chi connectivity index (χ1n) is 9.62. The van der Waals surface area contributed by atoms with E-state index in [0.717, 1.165) is 28.8 Å². The number of aliphatic imine (C=N–C) groups is 1. The van der Waals surface area contributed by atoms with Crippen molar-refractivity contribution in [1.29, 1.82) is 0 Å². The van der Waals surface area contributed by atoms with Gasteiger partial charge in [0.15, 0.2) is 5.96 Å². The van der Waals surface area contributed by atoms with E-state index in [1.54, 1.807) is 37.4 Å². The van der Waals surface area contributed by atoms with Crippen LogP contribution in [0.5, 0.6) is 0 Å². The highest BCUT2D eigenvalue weighted by molar-refractivity contribution is 7.09. The lowest BCUT2D eigenvalue weighted by atomic mass is 10.1. The number of carbonyl (C=O) groups is 1. The van der Waals surface area contributed by atoms with Crippen molar-refractivity contribution in [3.63, 3.8) is 0 Å². The van der Waals surface area contributed by atoms with Crippen LogP contribution in [-0.4, -0.2) is 61.4 Å². The molecule has 0 aliphatic rings. The van der Waals surface area contributed by atoms with E-state index in [1.165, 1.54) is 0 Å². The van der Waals surface area contributed by atoms with Crippen LogP contribution in [-0.2, 0) is 17.8 Å². The lowest BCUT2D eigenvalue weighted by Crippen LogP contribution is -2.38. The summed E-state index contributed by atoms with van der Waals surface area (Å²) in [6, 6.07) is 7.58. The molecule has 1 N–H and O–H groups in total. The Hall–Kier alpha value is -2.45. The molecule has 1 heterocycles. The number of ether oxygens (including phenoxy) is 1. The van der Waals surface area contributed by atoms with Crippen LogP contribution < -0.4 is 5.32 Å². The van der Waals surface area contributed by atoms with Crippen LogP contribution in [0.25, 0.3) is 0 Å². The van der Waals surface area contributed by atoms with Gasteiger partial charge in [0.2, 0.25) is 0 Å². The molecule has 2 rings (SSSR count). The molecule has 0 spiro atoms. The Morgan fingerprint density at radius 2 is 1.97 bits per heavy atom. The van der Waals surface area contributed by atoms with Crippen LogP contribution in [0.2, 0.25) is 0 Å². The summed E-state index contributed by atoms with van der Waals surface area (Å²) < 4.78 is 5.34. The maximum atomic E-state index is 12.0. The number of hydrogen-bond acceptors (Lipinski definition) is 5. The lowest BCUT2D eigenvalue weighted by Gasteiger charge is -2.21. The molecule has 8 heteroatoms. The SMILES string of the molecule is CCNC(=NCc1ccc(C(=O)N(C)C)cc1)N(C)Cc1csc(C(C)OC)n1. The summed E-state index contributed by atoms with van der Waals surface area (Å²) in [6.07, 6.45) is 0.00306. The van der Waals surface area contributed by atoms with E-state index in [4.69, 9.17) is 9.73 Å². The van der Waals surface area contributed by atoms with Crippen LogP contribution in [0.15, 0.2) is 34.6 Å². The molecule has 0 aliphatic carbocycles. The molecular formula is C21H31N5O2S. The fourth-order valence-electron chi connectivity index (χ4n) is 2.65. The first kappa shape index (κ1) is 22.8. The molecule has 0 aliphatic heterocycles. The van der Waals surface area contributed by atoms with E-state index in [9.17, 15) is 4.79 Å². The molecule has 1 amide bonds.